The van der Waals surface area contributed by atoms with Crippen LogP contribution in [0, 0.1) is 5.82 Å². The fraction of sp³-hybridized carbons (Fsp3) is 0.143. The van der Waals surface area contributed by atoms with E-state index < -0.39 is 18.3 Å². The third kappa shape index (κ3) is 3.79. The second-order valence-electron chi connectivity index (χ2n) is 4.89. The molecule has 3 aromatic rings. The van der Waals surface area contributed by atoms with Crippen LogP contribution < -0.4 is 5.32 Å². The van der Waals surface area contributed by atoms with Crippen molar-refractivity contribution in [1.82, 2.24) is 24.5 Å². The molecule has 130 valence electrons. The van der Waals surface area contributed by atoms with Crippen molar-refractivity contribution in [3.63, 3.8) is 0 Å². The summed E-state index contributed by atoms with van der Waals surface area (Å²) < 4.78 is 40.1. The first-order valence-electron chi connectivity index (χ1n) is 6.90. The zero-order valence-corrected chi connectivity index (χ0v) is 13.2. The summed E-state index contributed by atoms with van der Waals surface area (Å²) in [5.74, 6) is -1.36. The molecule has 11 heteroatoms. The maximum absolute atomic E-state index is 13.0. The molecular weight excluding hydrogens is 361 g/mol. The number of hydrogen-bond acceptors (Lipinski definition) is 4. The molecule has 0 radical (unpaired) electrons. The quantitative estimate of drug-likeness (QED) is 0.749. The predicted molar refractivity (Wildman–Crippen MR) is 82.0 cm³/mol. The number of halogens is 4. The normalized spacial score (nSPS) is 11.1. The first-order chi connectivity index (χ1) is 11.9. The molecule has 0 fully saturated rings. The van der Waals surface area contributed by atoms with Crippen LogP contribution >= 0.6 is 11.6 Å². The van der Waals surface area contributed by atoms with E-state index in [0.29, 0.717) is 5.56 Å². The molecule has 1 N–H and O–H groups in total. The van der Waals surface area contributed by atoms with Crippen molar-refractivity contribution in [3.05, 3.63) is 58.9 Å². The average molecular weight is 371 g/mol. The molecule has 2 heterocycles. The minimum atomic E-state index is -2.94. The fourth-order valence-electron chi connectivity index (χ4n) is 2.07. The number of carbonyl (C=O) groups excluding carboxylic acids is 1. The highest BCUT2D eigenvalue weighted by molar-refractivity contribution is 6.31. The van der Waals surface area contributed by atoms with E-state index in [1.54, 1.807) is 0 Å². The number of nitrogens with zero attached hydrogens (tertiary/aromatic N) is 5. The standard InChI is InChI=1S/C14H10ClF3N6O/c15-10-5-9(16)2-1-8(10)6-23-7-19-14(22-23)21-12(25)11-3-4-20-24(11)13(17)18/h1-5,7,13H,6H2,(H,21,22,25). The van der Waals surface area contributed by atoms with Crippen LogP contribution in [0.5, 0.6) is 0 Å². The molecule has 0 bridgehead atoms. The molecule has 7 nitrogen and oxygen atoms in total. The number of anilines is 1. The topological polar surface area (TPSA) is 77.6 Å². The van der Waals surface area contributed by atoms with Gasteiger partial charge in [0.05, 0.1) is 6.54 Å². The lowest BCUT2D eigenvalue weighted by atomic mass is 10.2. The summed E-state index contributed by atoms with van der Waals surface area (Å²) >= 11 is 5.93. The van der Waals surface area contributed by atoms with Crippen LogP contribution in [-0.2, 0) is 6.54 Å². The monoisotopic (exact) mass is 370 g/mol. The summed E-state index contributed by atoms with van der Waals surface area (Å²) in [6, 6.07) is 5.07. The van der Waals surface area contributed by atoms with Crippen LogP contribution in [0.3, 0.4) is 0 Å². The van der Waals surface area contributed by atoms with Gasteiger partial charge in [-0.15, -0.1) is 5.10 Å². The van der Waals surface area contributed by atoms with E-state index in [-0.39, 0.29) is 27.9 Å². The predicted octanol–water partition coefficient (Wildman–Crippen LogP) is 2.96. The van der Waals surface area contributed by atoms with Crippen LogP contribution in [0.15, 0.2) is 36.8 Å². The smallest absolute Gasteiger partial charge is 0.288 e. The number of rotatable bonds is 5. The summed E-state index contributed by atoms with van der Waals surface area (Å²) in [6.07, 6.45) is 2.41. The van der Waals surface area contributed by atoms with Gasteiger partial charge in [0.25, 0.3) is 5.91 Å². The molecule has 0 aliphatic rings. The molecule has 0 aliphatic heterocycles. The van der Waals surface area contributed by atoms with Crippen molar-refractivity contribution in [2.24, 2.45) is 0 Å². The van der Waals surface area contributed by atoms with E-state index >= 15 is 0 Å². The van der Waals surface area contributed by atoms with Gasteiger partial charge in [0.15, 0.2) is 0 Å². The Kier molecular flexibility index (Phi) is 4.70. The zero-order valence-electron chi connectivity index (χ0n) is 12.4. The molecule has 2 aromatic heterocycles. The van der Waals surface area contributed by atoms with Crippen LogP contribution in [0.1, 0.15) is 22.6 Å². The van der Waals surface area contributed by atoms with Crippen molar-refractivity contribution in [1.29, 1.82) is 0 Å². The van der Waals surface area contributed by atoms with Crippen molar-refractivity contribution < 1.29 is 18.0 Å². The highest BCUT2D eigenvalue weighted by Gasteiger charge is 2.19. The van der Waals surface area contributed by atoms with E-state index in [9.17, 15) is 18.0 Å². The SMILES string of the molecule is O=C(Nc1ncn(Cc2ccc(F)cc2Cl)n1)c1ccnn1C(F)F. The molecule has 0 saturated heterocycles. The number of alkyl halides is 2. The van der Waals surface area contributed by atoms with Gasteiger partial charge < -0.3 is 0 Å². The summed E-state index contributed by atoms with van der Waals surface area (Å²) in [7, 11) is 0. The van der Waals surface area contributed by atoms with Crippen molar-refractivity contribution in [2.45, 2.75) is 13.1 Å². The Morgan fingerprint density at radius 1 is 1.32 bits per heavy atom. The second-order valence-corrected chi connectivity index (χ2v) is 5.30. The van der Waals surface area contributed by atoms with Gasteiger partial charge in [-0.2, -0.15) is 18.6 Å². The number of aromatic nitrogens is 5. The van der Waals surface area contributed by atoms with Crippen LogP contribution in [0.4, 0.5) is 19.1 Å². The molecule has 25 heavy (non-hydrogen) atoms. The van der Waals surface area contributed by atoms with E-state index in [2.05, 4.69) is 20.5 Å². The lowest BCUT2D eigenvalue weighted by Gasteiger charge is -2.05. The molecule has 0 spiro atoms. The van der Waals surface area contributed by atoms with Gasteiger partial charge >= 0.3 is 6.55 Å². The van der Waals surface area contributed by atoms with Crippen molar-refractivity contribution in [2.75, 3.05) is 5.32 Å². The minimum absolute atomic E-state index is 0.0785. The van der Waals surface area contributed by atoms with Gasteiger partial charge in [-0.05, 0) is 23.8 Å². The Morgan fingerprint density at radius 3 is 2.84 bits per heavy atom. The molecule has 3 rings (SSSR count). The average Bonchev–Trinajstić information content (AvgIpc) is 3.19. The number of carbonyl (C=O) groups is 1. The van der Waals surface area contributed by atoms with Gasteiger partial charge in [0.1, 0.15) is 17.8 Å². The Balaban J connectivity index is 1.71. The Hall–Kier alpha value is -2.88. The van der Waals surface area contributed by atoms with Crippen LogP contribution in [0.2, 0.25) is 5.02 Å². The van der Waals surface area contributed by atoms with Crippen LogP contribution in [0.25, 0.3) is 0 Å². The number of benzene rings is 1. The largest absolute Gasteiger partial charge is 0.333 e. The molecule has 0 aliphatic carbocycles. The summed E-state index contributed by atoms with van der Waals surface area (Å²) in [4.78, 5) is 15.9. The number of hydrogen-bond donors (Lipinski definition) is 1. The molecule has 0 atom stereocenters. The lowest BCUT2D eigenvalue weighted by molar-refractivity contribution is 0.0520. The third-order valence-corrected chi connectivity index (χ3v) is 3.55. The third-order valence-electron chi connectivity index (χ3n) is 3.20. The maximum Gasteiger partial charge on any atom is 0.333 e. The molecule has 0 unspecified atom stereocenters. The molecule has 0 saturated carbocycles. The van der Waals surface area contributed by atoms with Crippen molar-refractivity contribution in [3.8, 4) is 0 Å². The maximum atomic E-state index is 13.0. The zero-order chi connectivity index (χ0) is 18.0. The summed E-state index contributed by atoms with van der Waals surface area (Å²) in [6.45, 7) is -2.75. The first-order valence-corrected chi connectivity index (χ1v) is 7.28. The fourth-order valence-corrected chi connectivity index (χ4v) is 2.29. The van der Waals surface area contributed by atoms with E-state index in [0.717, 1.165) is 12.3 Å². The van der Waals surface area contributed by atoms with Gasteiger partial charge in [-0.3, -0.25) is 10.1 Å². The van der Waals surface area contributed by atoms with Gasteiger partial charge in [-0.1, -0.05) is 17.7 Å². The van der Waals surface area contributed by atoms with E-state index in [1.165, 1.54) is 29.2 Å². The second kappa shape index (κ2) is 6.93. The number of amides is 1. The Bertz CT molecular complexity index is 910. The summed E-state index contributed by atoms with van der Waals surface area (Å²) in [5, 5.41) is 9.89. The lowest BCUT2D eigenvalue weighted by Crippen LogP contribution is -2.19. The molecule has 1 aromatic carbocycles. The minimum Gasteiger partial charge on any atom is -0.288 e. The Morgan fingerprint density at radius 2 is 2.12 bits per heavy atom. The molecular formula is C14H10ClF3N6O. The van der Waals surface area contributed by atoms with Gasteiger partial charge in [0.2, 0.25) is 5.95 Å². The Labute approximate surface area is 144 Å². The van der Waals surface area contributed by atoms with E-state index in [4.69, 9.17) is 11.6 Å². The number of nitrogens with one attached hydrogen (secondary N) is 1. The van der Waals surface area contributed by atoms with Crippen LogP contribution in [-0.4, -0.2) is 30.5 Å². The van der Waals surface area contributed by atoms with Crippen molar-refractivity contribution >= 4 is 23.5 Å². The van der Waals surface area contributed by atoms with Gasteiger partial charge in [-0.25, -0.2) is 14.1 Å². The summed E-state index contributed by atoms with van der Waals surface area (Å²) in [5.41, 5.74) is 0.273. The first kappa shape index (κ1) is 17.0. The van der Waals surface area contributed by atoms with E-state index in [1.807, 2.05) is 0 Å². The highest BCUT2D eigenvalue weighted by atomic mass is 35.5. The van der Waals surface area contributed by atoms with Gasteiger partial charge in [0, 0.05) is 11.2 Å². The highest BCUT2D eigenvalue weighted by Crippen LogP contribution is 2.18. The molecule has 1 amide bonds.